The lowest BCUT2D eigenvalue weighted by atomic mass is 10.1. The molecule has 0 radical (unpaired) electrons. The summed E-state index contributed by atoms with van der Waals surface area (Å²) in [6.07, 6.45) is 0.877. The van der Waals surface area contributed by atoms with Gasteiger partial charge in [0, 0.05) is 20.3 Å². The van der Waals surface area contributed by atoms with E-state index in [1.165, 1.54) is 4.57 Å². The monoisotopic (exact) mass is 593 g/mol. The molecule has 2 saturated heterocycles. The molecule has 4 atom stereocenters. The Morgan fingerprint density at radius 1 is 1.15 bits per heavy atom. The zero-order valence-corrected chi connectivity index (χ0v) is 27.7. The first-order chi connectivity index (χ1) is 18.8. The Balaban J connectivity index is 2.10. The third-order valence-electron chi connectivity index (χ3n) is 7.65. The molecule has 0 bridgehead atoms. The average Bonchev–Trinajstić information content (AvgIpc) is 3.18. The molecular weight excluding hydrogens is 546 g/mol. The fraction of sp³-hybridized carbons (Fsp3) is 0.778. The molecule has 13 heteroatoms. The first-order valence-corrected chi connectivity index (χ1v) is 18.2. The van der Waals surface area contributed by atoms with Crippen LogP contribution in [0.1, 0.15) is 68.0 Å². The van der Waals surface area contributed by atoms with Crippen LogP contribution in [0.5, 0.6) is 0 Å². The van der Waals surface area contributed by atoms with Crippen LogP contribution in [0.15, 0.2) is 22.1 Å². The summed E-state index contributed by atoms with van der Waals surface area (Å²) in [5, 5.41) is 9.19. The van der Waals surface area contributed by atoms with Crippen LogP contribution in [-0.2, 0) is 22.4 Å². The molecule has 0 saturated carbocycles. The van der Waals surface area contributed by atoms with Crippen LogP contribution < -0.4 is 5.69 Å². The second-order valence-electron chi connectivity index (χ2n) is 12.0. The molecular formula is C27H47N5O6Si2. The largest absolute Gasteiger partial charge is 0.414 e. The van der Waals surface area contributed by atoms with Crippen molar-refractivity contribution in [1.82, 2.24) is 14.5 Å². The highest BCUT2D eigenvalue weighted by Gasteiger charge is 2.62. The van der Waals surface area contributed by atoms with E-state index in [1.807, 2.05) is 14.1 Å². The van der Waals surface area contributed by atoms with Crippen molar-refractivity contribution < 1.29 is 22.4 Å². The minimum absolute atomic E-state index is 0.122. The maximum atomic E-state index is 13.2. The second kappa shape index (κ2) is 13.4. The van der Waals surface area contributed by atoms with Gasteiger partial charge in [-0.25, -0.2) is 9.79 Å². The lowest BCUT2D eigenvalue weighted by molar-refractivity contribution is -0.0721. The summed E-state index contributed by atoms with van der Waals surface area (Å²) in [7, 11) is -2.03. The number of fused-ring (bicyclic) bond motifs is 1. The lowest BCUT2D eigenvalue weighted by Gasteiger charge is -2.51. The minimum Gasteiger partial charge on any atom is -0.414 e. The Morgan fingerprint density at radius 3 is 2.30 bits per heavy atom. The quantitative estimate of drug-likeness (QED) is 0.166. The molecule has 1 unspecified atom stereocenters. The summed E-state index contributed by atoms with van der Waals surface area (Å²) in [4.78, 5) is 23.4. The molecule has 1 aromatic rings. The van der Waals surface area contributed by atoms with E-state index in [9.17, 15) is 10.1 Å². The van der Waals surface area contributed by atoms with Crippen LogP contribution in [0.25, 0.3) is 0 Å². The van der Waals surface area contributed by atoms with E-state index < -0.39 is 47.4 Å². The predicted molar refractivity (Wildman–Crippen MR) is 158 cm³/mol. The van der Waals surface area contributed by atoms with Gasteiger partial charge < -0.3 is 27.3 Å². The molecule has 0 aliphatic carbocycles. The SMILES string of the molecule is CC(C)[Si]1(C(C)C)OC[C@@H]2O[C@@H](n3ccc(N=CN(C)C)nc3=O)[C@@H](OCCC#N)C2O[Si](C(C)C)(C(C)C)O1. The molecule has 1 aromatic heterocycles. The third kappa shape index (κ3) is 6.59. The van der Waals surface area contributed by atoms with Crippen molar-refractivity contribution in [2.24, 2.45) is 4.99 Å². The van der Waals surface area contributed by atoms with Gasteiger partial charge in [-0.1, -0.05) is 55.4 Å². The highest BCUT2D eigenvalue weighted by atomic mass is 28.5. The highest BCUT2D eigenvalue weighted by molar-refractivity contribution is 6.84. The Kier molecular flexibility index (Phi) is 10.9. The van der Waals surface area contributed by atoms with Crippen LogP contribution in [0, 0.1) is 11.3 Å². The van der Waals surface area contributed by atoms with Gasteiger partial charge in [-0.2, -0.15) is 10.2 Å². The number of nitriles is 1. The number of aliphatic imine (C=N–C) groups is 1. The number of hydrogen-bond donors (Lipinski definition) is 0. The van der Waals surface area contributed by atoms with Gasteiger partial charge >= 0.3 is 22.8 Å². The number of nitrogens with zero attached hydrogens (tertiary/aromatic N) is 5. The van der Waals surface area contributed by atoms with E-state index in [0.29, 0.717) is 5.82 Å². The molecule has 0 aromatic carbocycles. The zero-order valence-electron chi connectivity index (χ0n) is 25.7. The van der Waals surface area contributed by atoms with Crippen molar-refractivity contribution in [3.8, 4) is 6.07 Å². The van der Waals surface area contributed by atoms with Crippen molar-refractivity contribution in [2.45, 2.75) is 109 Å². The van der Waals surface area contributed by atoms with Crippen molar-refractivity contribution in [3.63, 3.8) is 0 Å². The molecule has 3 heterocycles. The Labute approximate surface area is 240 Å². The van der Waals surface area contributed by atoms with E-state index in [2.05, 4.69) is 71.4 Å². The standard InChI is InChI=1S/C27H47N5O6Si2/c1-18(2)39(19(3)4)35-16-22-24(37-40(38-39,20(5)6)21(7)8)25(34-15-11-13-28)26(36-22)32-14-12-23(30-27(32)33)29-17-31(9)10/h12,14,17-22,24-26H,11,15-16H2,1-10H3/t22-,24?,25-,26+/m0/s1. The van der Waals surface area contributed by atoms with Gasteiger partial charge in [0.05, 0.1) is 32.0 Å². The fourth-order valence-electron chi connectivity index (χ4n) is 5.61. The molecule has 40 heavy (non-hydrogen) atoms. The lowest BCUT2D eigenvalue weighted by Crippen LogP contribution is -2.66. The topological polar surface area (TPSA) is 120 Å². The first-order valence-electron chi connectivity index (χ1n) is 14.2. The van der Waals surface area contributed by atoms with Crippen molar-refractivity contribution >= 4 is 29.3 Å². The summed E-state index contributed by atoms with van der Waals surface area (Å²) in [6, 6.07) is 3.79. The average molecular weight is 594 g/mol. The second-order valence-corrected chi connectivity index (χ2v) is 20.9. The molecule has 3 rings (SSSR count). The predicted octanol–water partition coefficient (Wildman–Crippen LogP) is 4.62. The van der Waals surface area contributed by atoms with Gasteiger partial charge in [0.15, 0.2) is 12.0 Å². The first kappa shape index (κ1) is 32.6. The van der Waals surface area contributed by atoms with Crippen molar-refractivity contribution in [2.75, 3.05) is 27.3 Å². The molecule has 2 aliphatic rings. The third-order valence-corrected chi connectivity index (χ3v) is 17.9. The summed E-state index contributed by atoms with van der Waals surface area (Å²) < 4.78 is 35.6. The van der Waals surface area contributed by atoms with E-state index >= 15 is 0 Å². The molecule has 224 valence electrons. The molecule has 2 fully saturated rings. The number of rotatable bonds is 10. The highest BCUT2D eigenvalue weighted by Crippen LogP contribution is 2.48. The van der Waals surface area contributed by atoms with E-state index in [0.717, 1.165) is 0 Å². The van der Waals surface area contributed by atoms with Gasteiger partial charge in [0.25, 0.3) is 0 Å². The summed E-state index contributed by atoms with van der Waals surface area (Å²) in [5.41, 5.74) is 0.119. The number of hydrogen-bond acceptors (Lipinski definition) is 9. The smallest absolute Gasteiger partial charge is 0.351 e. The van der Waals surface area contributed by atoms with E-state index in [-0.39, 0.29) is 41.8 Å². The maximum Gasteiger partial charge on any atom is 0.351 e. The Bertz CT molecular complexity index is 1100. The van der Waals surface area contributed by atoms with Gasteiger partial charge in [0.1, 0.15) is 18.3 Å². The van der Waals surface area contributed by atoms with E-state index in [1.54, 1.807) is 23.5 Å². The number of ether oxygens (including phenoxy) is 2. The zero-order chi connectivity index (χ0) is 29.8. The van der Waals surface area contributed by atoms with Gasteiger partial charge in [-0.3, -0.25) is 4.57 Å². The normalized spacial score (nSPS) is 26.3. The van der Waals surface area contributed by atoms with Gasteiger partial charge in [-0.05, 0) is 28.2 Å². The summed E-state index contributed by atoms with van der Waals surface area (Å²) in [6.45, 7) is 17.7. The van der Waals surface area contributed by atoms with Gasteiger partial charge in [-0.15, -0.1) is 0 Å². The maximum absolute atomic E-state index is 13.2. The minimum atomic E-state index is -2.95. The Hall–Kier alpha value is -1.93. The van der Waals surface area contributed by atoms with Crippen LogP contribution in [0.4, 0.5) is 5.82 Å². The molecule has 2 aliphatic heterocycles. The van der Waals surface area contributed by atoms with E-state index in [4.69, 9.17) is 22.4 Å². The summed E-state index contributed by atoms with van der Waals surface area (Å²) >= 11 is 0. The van der Waals surface area contributed by atoms with Crippen LogP contribution in [0.3, 0.4) is 0 Å². The summed E-state index contributed by atoms with van der Waals surface area (Å²) in [5.74, 6) is 0.296. The van der Waals surface area contributed by atoms with Crippen LogP contribution >= 0.6 is 0 Å². The van der Waals surface area contributed by atoms with Crippen molar-refractivity contribution in [3.05, 3.63) is 22.7 Å². The molecule has 0 N–H and O–H groups in total. The number of aromatic nitrogens is 2. The van der Waals surface area contributed by atoms with Gasteiger partial charge in [0.2, 0.25) is 0 Å². The molecule has 11 nitrogen and oxygen atoms in total. The fourth-order valence-corrected chi connectivity index (χ4v) is 16.8. The van der Waals surface area contributed by atoms with Crippen LogP contribution in [-0.4, -0.2) is 83.5 Å². The Morgan fingerprint density at radius 2 is 1.77 bits per heavy atom. The van der Waals surface area contributed by atoms with Crippen molar-refractivity contribution in [1.29, 1.82) is 5.26 Å². The molecule has 0 amide bonds. The molecule has 0 spiro atoms. The van der Waals surface area contributed by atoms with Crippen LogP contribution in [0.2, 0.25) is 22.2 Å².